The van der Waals surface area contributed by atoms with Crippen molar-refractivity contribution in [1.82, 2.24) is 10.2 Å². The van der Waals surface area contributed by atoms with Crippen LogP contribution in [0.4, 0.5) is 13.2 Å². The van der Waals surface area contributed by atoms with Crippen molar-refractivity contribution in [3.63, 3.8) is 0 Å². The molecule has 0 aromatic heterocycles. The molecule has 1 amide bonds. The zero-order chi connectivity index (χ0) is 37.4. The molecule has 1 aliphatic rings. The van der Waals surface area contributed by atoms with Gasteiger partial charge in [0.1, 0.15) is 11.5 Å². The maximum absolute atomic E-state index is 13.2. The lowest BCUT2D eigenvalue weighted by atomic mass is 9.94. The maximum Gasteiger partial charge on any atom is 0.416 e. The minimum atomic E-state index is -4.41. The van der Waals surface area contributed by atoms with Crippen molar-refractivity contribution in [2.24, 2.45) is 5.92 Å². The summed E-state index contributed by atoms with van der Waals surface area (Å²) in [5.74, 6) is 0.983. The van der Waals surface area contributed by atoms with Crippen LogP contribution in [0.15, 0.2) is 60.7 Å². The fourth-order valence-electron chi connectivity index (χ4n) is 6.09. The maximum atomic E-state index is 13.2. The zero-order valence-electron chi connectivity index (χ0n) is 30.6. The average Bonchev–Trinajstić information content (AvgIpc) is 3.12. The summed E-state index contributed by atoms with van der Waals surface area (Å²) in [5.41, 5.74) is 1.41. The molecular weight excluding hydrogens is 657 g/mol. The van der Waals surface area contributed by atoms with Crippen LogP contribution in [0.2, 0.25) is 0 Å². The van der Waals surface area contributed by atoms with Crippen LogP contribution >= 0.6 is 0 Å². The highest BCUT2D eigenvalue weighted by Gasteiger charge is 2.30. The molecule has 0 saturated carbocycles. The first kappa shape index (κ1) is 41.3. The highest BCUT2D eigenvalue weighted by atomic mass is 19.4. The van der Waals surface area contributed by atoms with Crippen molar-refractivity contribution in [2.45, 2.75) is 78.5 Å². The lowest BCUT2D eigenvalue weighted by Gasteiger charge is -2.24. The molecule has 1 fully saturated rings. The Balaban J connectivity index is 0.00000345. The normalized spacial score (nSPS) is 15.4. The number of nitrogens with one attached hydrogen (secondary N) is 1. The third-order valence-corrected chi connectivity index (χ3v) is 8.62. The first-order chi connectivity index (χ1) is 24.5. The van der Waals surface area contributed by atoms with Crippen LogP contribution in [0.1, 0.15) is 91.6 Å². The van der Waals surface area contributed by atoms with E-state index in [0.717, 1.165) is 60.4 Å². The molecule has 0 aliphatic carbocycles. The van der Waals surface area contributed by atoms with Gasteiger partial charge in [0.2, 0.25) is 0 Å². The van der Waals surface area contributed by atoms with Gasteiger partial charge < -0.3 is 24.4 Å². The molecule has 7 nitrogen and oxygen atoms in total. The Morgan fingerprint density at radius 1 is 1.00 bits per heavy atom. The van der Waals surface area contributed by atoms with E-state index in [-0.39, 0.29) is 23.5 Å². The molecule has 2 atom stereocenters. The summed E-state index contributed by atoms with van der Waals surface area (Å²) in [6.07, 6.45) is 2.29. The number of amides is 1. The van der Waals surface area contributed by atoms with E-state index >= 15 is 0 Å². The fraction of sp³-hybridized carbons (Fsp3) is 0.463. The van der Waals surface area contributed by atoms with E-state index in [1.54, 1.807) is 24.3 Å². The largest absolute Gasteiger partial charge is 0.457 e. The Morgan fingerprint density at radius 3 is 2.25 bits per heavy atom. The van der Waals surface area contributed by atoms with Crippen LogP contribution < -0.4 is 20.5 Å². The molecule has 3 aromatic rings. The first-order valence-electron chi connectivity index (χ1n) is 18.0. The quantitative estimate of drug-likeness (QED) is 0.153. The Bertz CT molecular complexity index is 1640. The summed E-state index contributed by atoms with van der Waals surface area (Å²) >= 11 is 0. The summed E-state index contributed by atoms with van der Waals surface area (Å²) in [7, 11) is 2.04. The van der Waals surface area contributed by atoms with Gasteiger partial charge in [0.15, 0.2) is 5.78 Å². The van der Waals surface area contributed by atoms with Crippen molar-refractivity contribution >= 4 is 24.5 Å². The zero-order valence-corrected chi connectivity index (χ0v) is 30.6. The van der Waals surface area contributed by atoms with Crippen molar-refractivity contribution in [2.75, 3.05) is 40.0 Å². The molecule has 1 saturated heterocycles. The molecule has 1 heterocycles. The van der Waals surface area contributed by atoms with E-state index in [1.807, 2.05) is 40.0 Å². The Hall–Kier alpha value is -4.15. The topological polar surface area (TPSA) is 77.1 Å². The predicted molar refractivity (Wildman–Crippen MR) is 196 cm³/mol. The number of alkyl halides is 3. The number of rotatable bonds is 16. The number of hydrogen-bond donors (Lipinski definition) is 1. The second-order valence-electron chi connectivity index (χ2n) is 12.5. The van der Waals surface area contributed by atoms with Gasteiger partial charge in [-0.3, -0.25) is 9.59 Å². The van der Waals surface area contributed by atoms with Gasteiger partial charge in [-0.1, -0.05) is 46.8 Å². The number of Topliss-reactive ketones (excluding diaryl/α,β-unsaturated/α-hetero) is 1. The molecule has 0 spiro atoms. The van der Waals surface area contributed by atoms with Gasteiger partial charge in [0.25, 0.3) is 5.91 Å². The third-order valence-electron chi connectivity index (χ3n) is 8.62. The molecule has 1 N–H and O–H groups in total. The molecule has 3 aromatic carbocycles. The van der Waals surface area contributed by atoms with Crippen LogP contribution in [0.5, 0.6) is 11.5 Å². The van der Waals surface area contributed by atoms with Gasteiger partial charge in [0, 0.05) is 49.1 Å². The lowest BCUT2D eigenvalue weighted by molar-refractivity contribution is -0.137. The predicted octanol–water partition coefficient (Wildman–Crippen LogP) is 7.78. The number of benzene rings is 3. The van der Waals surface area contributed by atoms with E-state index in [2.05, 4.69) is 29.9 Å². The van der Waals surface area contributed by atoms with Gasteiger partial charge in [-0.05, 0) is 97.0 Å². The van der Waals surface area contributed by atoms with Crippen LogP contribution in [0.3, 0.4) is 0 Å². The number of halogens is 3. The van der Waals surface area contributed by atoms with Crippen molar-refractivity contribution in [1.29, 1.82) is 0 Å². The Labute approximate surface area is 300 Å². The molecular formula is C41H53F3N2O5. The minimum Gasteiger partial charge on any atom is -0.457 e. The van der Waals surface area contributed by atoms with E-state index in [0.29, 0.717) is 62.0 Å². The van der Waals surface area contributed by atoms with Crippen LogP contribution in [0, 0.1) is 5.92 Å². The van der Waals surface area contributed by atoms with Crippen LogP contribution in [-0.2, 0) is 22.1 Å². The van der Waals surface area contributed by atoms with E-state index in [1.165, 1.54) is 12.1 Å². The summed E-state index contributed by atoms with van der Waals surface area (Å²) in [4.78, 5) is 28.3. The number of ether oxygens (including phenoxy) is 3. The van der Waals surface area contributed by atoms with E-state index in [9.17, 15) is 22.8 Å². The number of hydrogen-bond acceptors (Lipinski definition) is 6. The molecule has 0 bridgehead atoms. The number of nitrogens with zero attached hydrogens (tertiary/aromatic N) is 1. The highest BCUT2D eigenvalue weighted by Crippen LogP contribution is 2.31. The van der Waals surface area contributed by atoms with Gasteiger partial charge in [-0.15, -0.1) is 0 Å². The standard InChI is InChI=1S/C39H47F3N2O5.C2H6/c1-5-8-28(9-7-10-37(45)29-12-16-31(17-13-29)49-32-18-14-30(15-19-32)39(40,41)42)24-44(4)25-36-27(3)11-20-35(34(36)6-2)38(46)43-23-33-26-47-21-22-48-33;1-2/h11-20,25,28,33H,3,5-10,21-24,26H2,1-2,4H3,(H,43,46);1-2H3/b36-25+;. The van der Waals surface area contributed by atoms with E-state index < -0.39 is 11.7 Å². The monoisotopic (exact) mass is 710 g/mol. The van der Waals surface area contributed by atoms with Gasteiger partial charge in [-0.25, -0.2) is 0 Å². The van der Waals surface area contributed by atoms with Gasteiger partial charge in [-0.2, -0.15) is 13.2 Å². The van der Waals surface area contributed by atoms with Crippen LogP contribution in [-0.4, -0.2) is 62.7 Å². The van der Waals surface area contributed by atoms with Crippen molar-refractivity contribution < 1.29 is 37.0 Å². The Kier molecular flexibility index (Phi) is 16.7. The second kappa shape index (κ2) is 20.6. The van der Waals surface area contributed by atoms with E-state index in [4.69, 9.17) is 14.2 Å². The van der Waals surface area contributed by atoms with Crippen molar-refractivity contribution in [3.8, 4) is 11.5 Å². The highest BCUT2D eigenvalue weighted by molar-refractivity contribution is 5.96. The van der Waals surface area contributed by atoms with Gasteiger partial charge >= 0.3 is 6.18 Å². The molecule has 2 unspecified atom stereocenters. The molecule has 4 rings (SSSR count). The first-order valence-corrected chi connectivity index (χ1v) is 18.0. The molecule has 278 valence electrons. The molecule has 0 radical (unpaired) electrons. The smallest absolute Gasteiger partial charge is 0.416 e. The number of carbonyl (C=O) groups is 2. The SMILES string of the molecule is C=c1ccc(C(=O)NCC2COCCO2)c(CC)/c1=C/N(C)CC(CCC)CCCC(=O)c1ccc(Oc2ccc(C(F)(F)F)cc2)cc1.CC. The van der Waals surface area contributed by atoms with Crippen LogP contribution in [0.25, 0.3) is 12.8 Å². The summed E-state index contributed by atoms with van der Waals surface area (Å²) in [5, 5.41) is 4.81. The fourth-order valence-corrected chi connectivity index (χ4v) is 6.09. The summed E-state index contributed by atoms with van der Waals surface area (Å²) in [6, 6.07) is 14.9. The molecule has 1 aliphatic heterocycles. The average molecular weight is 711 g/mol. The minimum absolute atomic E-state index is 0.0307. The number of ketones is 1. The molecule has 51 heavy (non-hydrogen) atoms. The molecule has 10 heteroatoms. The summed E-state index contributed by atoms with van der Waals surface area (Å²) < 4.78 is 55.2. The lowest BCUT2D eigenvalue weighted by Crippen LogP contribution is -2.41. The van der Waals surface area contributed by atoms with Crippen molar-refractivity contribution in [3.05, 3.63) is 93.4 Å². The second-order valence-corrected chi connectivity index (χ2v) is 12.5. The Morgan fingerprint density at radius 2 is 1.67 bits per heavy atom. The van der Waals surface area contributed by atoms with Gasteiger partial charge in [0.05, 0.1) is 31.5 Å². The summed E-state index contributed by atoms with van der Waals surface area (Å²) in [6.45, 7) is 15.2. The number of carbonyl (C=O) groups excluding carboxylic acids is 2. The third kappa shape index (κ3) is 12.8.